The van der Waals surface area contributed by atoms with E-state index in [1.54, 1.807) is 36.3 Å². The molecule has 0 spiro atoms. The van der Waals surface area contributed by atoms with Crippen molar-refractivity contribution in [2.45, 2.75) is 12.5 Å². The molecule has 1 amide bonds. The standard InChI is InChI=1S/C18H17NO4/c1-23-14-9-7-13(8-10-14)19-16(20)11-15(18(21)22)17(19)12-5-3-2-4-6-12/h2-10,15,17H,11H2,1H3,(H,21,22)/t15-,17+/m0/s1. The maximum absolute atomic E-state index is 12.5. The SMILES string of the molecule is COc1ccc(N2C(=O)C[C@H](C(=O)O)[C@H]2c2ccccc2)cc1. The third-order valence-electron chi connectivity index (χ3n) is 4.13. The number of hydrogen-bond donors (Lipinski definition) is 1. The Morgan fingerprint density at radius 3 is 2.35 bits per heavy atom. The highest BCUT2D eigenvalue weighted by atomic mass is 16.5. The zero-order valence-electron chi connectivity index (χ0n) is 12.7. The van der Waals surface area contributed by atoms with E-state index in [1.807, 2.05) is 30.3 Å². The van der Waals surface area contributed by atoms with Crippen molar-refractivity contribution in [2.75, 3.05) is 12.0 Å². The van der Waals surface area contributed by atoms with Crippen LogP contribution in [0.25, 0.3) is 0 Å². The Labute approximate surface area is 134 Å². The zero-order valence-corrected chi connectivity index (χ0v) is 12.7. The molecule has 1 aliphatic rings. The zero-order chi connectivity index (χ0) is 16.4. The molecule has 2 aromatic carbocycles. The van der Waals surface area contributed by atoms with E-state index in [9.17, 15) is 14.7 Å². The van der Waals surface area contributed by atoms with Crippen LogP contribution >= 0.6 is 0 Å². The van der Waals surface area contributed by atoms with Crippen molar-refractivity contribution in [3.63, 3.8) is 0 Å². The Kier molecular flexibility index (Phi) is 4.02. The lowest BCUT2D eigenvalue weighted by Gasteiger charge is -2.27. The molecule has 5 heteroatoms. The van der Waals surface area contributed by atoms with Gasteiger partial charge in [0.15, 0.2) is 0 Å². The summed E-state index contributed by atoms with van der Waals surface area (Å²) in [7, 11) is 1.57. The quantitative estimate of drug-likeness (QED) is 0.943. The van der Waals surface area contributed by atoms with Gasteiger partial charge >= 0.3 is 5.97 Å². The number of nitrogens with zero attached hydrogens (tertiary/aromatic N) is 1. The second-order valence-corrected chi connectivity index (χ2v) is 5.47. The minimum absolute atomic E-state index is 0.000916. The second-order valence-electron chi connectivity index (χ2n) is 5.47. The number of rotatable bonds is 4. The Bertz CT molecular complexity index is 712. The first-order valence-corrected chi connectivity index (χ1v) is 7.35. The van der Waals surface area contributed by atoms with Crippen LogP contribution < -0.4 is 9.64 Å². The largest absolute Gasteiger partial charge is 0.497 e. The van der Waals surface area contributed by atoms with Crippen molar-refractivity contribution in [3.05, 3.63) is 60.2 Å². The van der Waals surface area contributed by atoms with E-state index in [1.165, 1.54) is 0 Å². The lowest BCUT2D eigenvalue weighted by molar-refractivity contribution is -0.142. The Morgan fingerprint density at radius 1 is 1.13 bits per heavy atom. The smallest absolute Gasteiger partial charge is 0.309 e. The molecule has 23 heavy (non-hydrogen) atoms. The van der Waals surface area contributed by atoms with E-state index in [0.717, 1.165) is 5.56 Å². The fourth-order valence-electron chi connectivity index (χ4n) is 3.03. The van der Waals surface area contributed by atoms with Crippen molar-refractivity contribution < 1.29 is 19.4 Å². The third-order valence-corrected chi connectivity index (χ3v) is 4.13. The Balaban J connectivity index is 2.04. The summed E-state index contributed by atoms with van der Waals surface area (Å²) in [4.78, 5) is 25.6. The number of benzene rings is 2. The topological polar surface area (TPSA) is 66.8 Å². The van der Waals surface area contributed by atoms with E-state index in [4.69, 9.17) is 4.74 Å². The molecule has 118 valence electrons. The maximum Gasteiger partial charge on any atom is 0.309 e. The van der Waals surface area contributed by atoms with E-state index < -0.39 is 17.9 Å². The maximum atomic E-state index is 12.5. The highest BCUT2D eigenvalue weighted by molar-refractivity contribution is 6.00. The number of carboxylic acids is 1. The normalized spacial score (nSPS) is 20.6. The number of carboxylic acid groups (broad SMARTS) is 1. The van der Waals surface area contributed by atoms with Gasteiger partial charge in [0.2, 0.25) is 5.91 Å². The van der Waals surface area contributed by atoms with Crippen LogP contribution in [0, 0.1) is 5.92 Å². The van der Waals surface area contributed by atoms with Gasteiger partial charge in [-0.15, -0.1) is 0 Å². The Hall–Kier alpha value is -2.82. The molecule has 1 fully saturated rings. The molecule has 2 atom stereocenters. The van der Waals surface area contributed by atoms with Gasteiger partial charge in [-0.25, -0.2) is 0 Å². The van der Waals surface area contributed by atoms with E-state index in [-0.39, 0.29) is 12.3 Å². The molecule has 0 bridgehead atoms. The number of hydrogen-bond acceptors (Lipinski definition) is 3. The number of anilines is 1. The van der Waals surface area contributed by atoms with Crippen LogP contribution in [0.5, 0.6) is 5.75 Å². The number of carbonyl (C=O) groups is 2. The predicted octanol–water partition coefficient (Wildman–Crippen LogP) is 2.87. The van der Waals surface area contributed by atoms with E-state index in [2.05, 4.69) is 0 Å². The molecule has 0 unspecified atom stereocenters. The number of ether oxygens (including phenoxy) is 1. The first kappa shape index (κ1) is 15.1. The minimum atomic E-state index is -0.955. The molecule has 1 saturated heterocycles. The molecule has 0 aromatic heterocycles. The summed E-state index contributed by atoms with van der Waals surface area (Å²) >= 11 is 0. The van der Waals surface area contributed by atoms with Crippen LogP contribution in [-0.2, 0) is 9.59 Å². The van der Waals surface area contributed by atoms with Crippen molar-refractivity contribution in [3.8, 4) is 5.75 Å². The van der Waals surface area contributed by atoms with Crippen LogP contribution in [0.15, 0.2) is 54.6 Å². The van der Waals surface area contributed by atoms with Gasteiger partial charge in [-0.3, -0.25) is 9.59 Å². The van der Waals surface area contributed by atoms with Gasteiger partial charge in [0.1, 0.15) is 5.75 Å². The van der Waals surface area contributed by atoms with Gasteiger partial charge < -0.3 is 14.7 Å². The average Bonchev–Trinajstić information content (AvgIpc) is 2.93. The highest BCUT2D eigenvalue weighted by Gasteiger charge is 2.45. The van der Waals surface area contributed by atoms with Crippen molar-refractivity contribution >= 4 is 17.6 Å². The van der Waals surface area contributed by atoms with E-state index >= 15 is 0 Å². The van der Waals surface area contributed by atoms with Gasteiger partial charge in [0.25, 0.3) is 0 Å². The van der Waals surface area contributed by atoms with Crippen LogP contribution in [0.3, 0.4) is 0 Å². The lowest BCUT2D eigenvalue weighted by atomic mass is 9.93. The molecular weight excluding hydrogens is 294 g/mol. The second kappa shape index (κ2) is 6.12. The molecule has 1 N–H and O–H groups in total. The van der Waals surface area contributed by atoms with Gasteiger partial charge in [0.05, 0.1) is 19.1 Å². The minimum Gasteiger partial charge on any atom is -0.497 e. The molecule has 1 aliphatic heterocycles. The number of methoxy groups -OCH3 is 1. The summed E-state index contributed by atoms with van der Waals surface area (Å²) in [6, 6.07) is 15.9. The summed E-state index contributed by atoms with van der Waals surface area (Å²) in [6.45, 7) is 0. The fourth-order valence-corrected chi connectivity index (χ4v) is 3.03. The van der Waals surface area contributed by atoms with Crippen molar-refractivity contribution in [2.24, 2.45) is 5.92 Å². The van der Waals surface area contributed by atoms with Gasteiger partial charge in [-0.1, -0.05) is 30.3 Å². The third kappa shape index (κ3) is 2.77. The van der Waals surface area contributed by atoms with E-state index in [0.29, 0.717) is 11.4 Å². The van der Waals surface area contributed by atoms with Crippen LogP contribution in [0.1, 0.15) is 18.0 Å². The number of carbonyl (C=O) groups excluding carboxylic acids is 1. The summed E-state index contributed by atoms with van der Waals surface area (Å²) in [5, 5.41) is 9.51. The summed E-state index contributed by atoms with van der Waals surface area (Å²) in [5.74, 6) is -1.21. The van der Waals surface area contributed by atoms with Crippen LogP contribution in [-0.4, -0.2) is 24.1 Å². The predicted molar refractivity (Wildman–Crippen MR) is 85.4 cm³/mol. The molecule has 0 aliphatic carbocycles. The average molecular weight is 311 g/mol. The number of aliphatic carboxylic acids is 1. The first-order chi connectivity index (χ1) is 11.1. The molecule has 1 heterocycles. The molecule has 2 aromatic rings. The van der Waals surface area contributed by atoms with Crippen LogP contribution in [0.4, 0.5) is 5.69 Å². The van der Waals surface area contributed by atoms with Gasteiger partial charge in [0, 0.05) is 12.1 Å². The summed E-state index contributed by atoms with van der Waals surface area (Å²) in [5.41, 5.74) is 1.50. The first-order valence-electron chi connectivity index (χ1n) is 7.35. The van der Waals surface area contributed by atoms with Crippen molar-refractivity contribution in [1.82, 2.24) is 0 Å². The molecule has 0 radical (unpaired) electrons. The van der Waals surface area contributed by atoms with Crippen LogP contribution in [0.2, 0.25) is 0 Å². The molecule has 3 rings (SSSR count). The highest BCUT2D eigenvalue weighted by Crippen LogP contribution is 2.41. The fraction of sp³-hybridized carbons (Fsp3) is 0.222. The Morgan fingerprint density at radius 2 is 1.78 bits per heavy atom. The molecule has 0 saturated carbocycles. The van der Waals surface area contributed by atoms with Crippen molar-refractivity contribution in [1.29, 1.82) is 0 Å². The van der Waals surface area contributed by atoms with Gasteiger partial charge in [-0.2, -0.15) is 0 Å². The molecular formula is C18H17NO4. The molecule has 5 nitrogen and oxygen atoms in total. The van der Waals surface area contributed by atoms with Gasteiger partial charge in [-0.05, 0) is 29.8 Å². The number of amides is 1. The summed E-state index contributed by atoms with van der Waals surface area (Å²) in [6.07, 6.45) is 0.000916. The lowest BCUT2D eigenvalue weighted by Crippen LogP contribution is -2.30. The monoisotopic (exact) mass is 311 g/mol. The summed E-state index contributed by atoms with van der Waals surface area (Å²) < 4.78 is 5.13.